The number of hydrogen-bond donors (Lipinski definition) is 1. The Hall–Kier alpha value is -3.01. The van der Waals surface area contributed by atoms with Crippen LogP contribution in [0, 0.1) is 0 Å². The molecule has 0 fully saturated rings. The topological polar surface area (TPSA) is 108 Å². The molecule has 0 aliphatic carbocycles. The second-order valence-corrected chi connectivity index (χ2v) is 26.9. The molecular formula is C79H146NO8+. The van der Waals surface area contributed by atoms with Gasteiger partial charge in [-0.25, -0.2) is 4.79 Å². The first-order valence-electron chi connectivity index (χ1n) is 38.0. The first kappa shape index (κ1) is 85.0. The SMILES string of the molecule is CC/C=C\C/C=C\C/C=C\C/C=C\C/C=C\CCCCCCCCCCCCCCCCCCCCCCCCCC(=O)OC(COC(=O)CCCCCCCCCCCCCCCCCCCCCCCCCC)COC(OCC[N+](C)(C)C)C(=O)O. The lowest BCUT2D eigenvalue weighted by atomic mass is 10.0. The molecule has 1 N–H and O–H groups in total. The highest BCUT2D eigenvalue weighted by Crippen LogP contribution is 2.19. The van der Waals surface area contributed by atoms with E-state index in [0.29, 0.717) is 17.4 Å². The van der Waals surface area contributed by atoms with Crippen molar-refractivity contribution in [1.29, 1.82) is 0 Å². The van der Waals surface area contributed by atoms with Crippen LogP contribution in [0.5, 0.6) is 0 Å². The highest BCUT2D eigenvalue weighted by molar-refractivity contribution is 5.71. The van der Waals surface area contributed by atoms with E-state index in [1.165, 1.54) is 270 Å². The Kier molecular flexibility index (Phi) is 67.5. The lowest BCUT2D eigenvalue weighted by Crippen LogP contribution is -2.40. The fraction of sp³-hybridized carbons (Fsp3) is 0.835. The highest BCUT2D eigenvalue weighted by Gasteiger charge is 2.25. The lowest BCUT2D eigenvalue weighted by molar-refractivity contribution is -0.870. The van der Waals surface area contributed by atoms with Gasteiger partial charge in [-0.2, -0.15) is 0 Å². The van der Waals surface area contributed by atoms with Crippen molar-refractivity contribution >= 4 is 17.9 Å². The molecule has 0 saturated carbocycles. The summed E-state index contributed by atoms with van der Waals surface area (Å²) in [6, 6.07) is 0. The summed E-state index contributed by atoms with van der Waals surface area (Å²) in [6.45, 7) is 4.83. The number of allylic oxidation sites excluding steroid dienone is 10. The van der Waals surface area contributed by atoms with Crippen molar-refractivity contribution in [3.63, 3.8) is 0 Å². The second kappa shape index (κ2) is 69.9. The van der Waals surface area contributed by atoms with E-state index >= 15 is 0 Å². The van der Waals surface area contributed by atoms with Gasteiger partial charge in [0, 0.05) is 12.8 Å². The third kappa shape index (κ3) is 70.4. The number of unbranched alkanes of at least 4 members (excludes halogenated alkanes) is 46. The molecule has 9 nitrogen and oxygen atoms in total. The van der Waals surface area contributed by atoms with Crippen molar-refractivity contribution in [3.05, 3.63) is 60.8 Å². The Labute approximate surface area is 545 Å². The van der Waals surface area contributed by atoms with Crippen molar-refractivity contribution in [2.24, 2.45) is 0 Å². The quantitative estimate of drug-likeness (QED) is 0.0211. The molecule has 0 aromatic carbocycles. The average molecular weight is 1240 g/mol. The molecule has 0 aliphatic rings. The van der Waals surface area contributed by atoms with Crippen LogP contribution in [0.3, 0.4) is 0 Å². The molecule has 9 heteroatoms. The molecule has 0 spiro atoms. The summed E-state index contributed by atoms with van der Waals surface area (Å²) < 4.78 is 23.0. The number of ether oxygens (including phenoxy) is 4. The average Bonchev–Trinajstić information content (AvgIpc) is 3.52. The third-order valence-electron chi connectivity index (χ3n) is 17.0. The molecule has 0 aromatic rings. The van der Waals surface area contributed by atoms with Crippen LogP contribution in [0.2, 0.25) is 0 Å². The molecule has 0 radical (unpaired) electrons. The number of likely N-dealkylation sites (N-methyl/N-ethyl adjacent to an activating group) is 1. The predicted octanol–water partition coefficient (Wildman–Crippen LogP) is 23.9. The van der Waals surface area contributed by atoms with Gasteiger partial charge in [0.15, 0.2) is 6.10 Å². The number of nitrogens with zero attached hydrogens (tertiary/aromatic N) is 1. The monoisotopic (exact) mass is 1240 g/mol. The van der Waals surface area contributed by atoms with Crippen LogP contribution in [0.25, 0.3) is 0 Å². The van der Waals surface area contributed by atoms with Crippen LogP contribution in [0.4, 0.5) is 0 Å². The number of quaternary nitrogens is 1. The first-order chi connectivity index (χ1) is 43.1. The van der Waals surface area contributed by atoms with Crippen LogP contribution in [-0.2, 0) is 33.3 Å². The molecule has 0 rings (SSSR count). The molecule has 0 saturated heterocycles. The minimum absolute atomic E-state index is 0.176. The van der Waals surface area contributed by atoms with Gasteiger partial charge in [-0.3, -0.25) is 9.59 Å². The minimum atomic E-state index is -1.51. The minimum Gasteiger partial charge on any atom is -0.477 e. The van der Waals surface area contributed by atoms with E-state index in [-0.39, 0.29) is 38.2 Å². The summed E-state index contributed by atoms with van der Waals surface area (Å²) in [5.41, 5.74) is 0. The summed E-state index contributed by atoms with van der Waals surface area (Å²) in [5.74, 6) is -1.97. The molecule has 0 aliphatic heterocycles. The van der Waals surface area contributed by atoms with E-state index in [0.717, 1.165) is 70.6 Å². The molecule has 0 aromatic heterocycles. The number of aliphatic carboxylic acids is 1. The van der Waals surface area contributed by atoms with Crippen LogP contribution in [0.15, 0.2) is 60.8 Å². The molecular weight excluding hydrogens is 1090 g/mol. The van der Waals surface area contributed by atoms with Gasteiger partial charge in [0.25, 0.3) is 6.29 Å². The van der Waals surface area contributed by atoms with Gasteiger partial charge in [-0.1, -0.05) is 357 Å². The van der Waals surface area contributed by atoms with Crippen molar-refractivity contribution in [2.45, 2.75) is 379 Å². The van der Waals surface area contributed by atoms with Crippen molar-refractivity contribution in [2.75, 3.05) is 47.5 Å². The fourth-order valence-corrected chi connectivity index (χ4v) is 11.3. The van der Waals surface area contributed by atoms with Gasteiger partial charge in [0.2, 0.25) is 0 Å². The molecule has 514 valence electrons. The zero-order valence-corrected chi connectivity index (χ0v) is 58.9. The first-order valence-corrected chi connectivity index (χ1v) is 38.0. The van der Waals surface area contributed by atoms with Crippen molar-refractivity contribution in [3.8, 4) is 0 Å². The van der Waals surface area contributed by atoms with E-state index < -0.39 is 18.4 Å². The summed E-state index contributed by atoms with van der Waals surface area (Å²) >= 11 is 0. The van der Waals surface area contributed by atoms with Gasteiger partial charge in [-0.05, 0) is 57.8 Å². The number of hydrogen-bond acceptors (Lipinski definition) is 7. The van der Waals surface area contributed by atoms with Gasteiger partial charge < -0.3 is 28.5 Å². The van der Waals surface area contributed by atoms with E-state index in [1.54, 1.807) is 0 Å². The van der Waals surface area contributed by atoms with E-state index in [1.807, 2.05) is 21.1 Å². The van der Waals surface area contributed by atoms with Gasteiger partial charge >= 0.3 is 17.9 Å². The highest BCUT2D eigenvalue weighted by atomic mass is 16.7. The molecule has 0 bridgehead atoms. The number of carbonyl (C=O) groups excluding carboxylic acids is 2. The van der Waals surface area contributed by atoms with Crippen LogP contribution in [0.1, 0.15) is 367 Å². The van der Waals surface area contributed by atoms with Crippen molar-refractivity contribution < 1.29 is 42.9 Å². The zero-order chi connectivity index (χ0) is 64.0. The van der Waals surface area contributed by atoms with Crippen LogP contribution in [-0.4, -0.2) is 87.4 Å². The summed E-state index contributed by atoms with van der Waals surface area (Å²) in [4.78, 5) is 37.7. The Morgan fingerprint density at radius 2 is 0.648 bits per heavy atom. The van der Waals surface area contributed by atoms with E-state index in [9.17, 15) is 19.5 Å². The predicted molar refractivity (Wildman–Crippen MR) is 378 cm³/mol. The molecule has 2 atom stereocenters. The normalized spacial score (nSPS) is 13.0. The molecule has 0 amide bonds. The summed E-state index contributed by atoms with van der Waals surface area (Å²) in [5, 5.41) is 9.76. The number of carboxylic acid groups (broad SMARTS) is 1. The zero-order valence-electron chi connectivity index (χ0n) is 58.9. The van der Waals surface area contributed by atoms with E-state index in [2.05, 4.69) is 74.6 Å². The molecule has 0 heterocycles. The number of carboxylic acids is 1. The Balaban J connectivity index is 3.98. The maximum Gasteiger partial charge on any atom is 0.361 e. The number of esters is 2. The maximum atomic E-state index is 13.0. The Morgan fingerprint density at radius 1 is 0.352 bits per heavy atom. The van der Waals surface area contributed by atoms with Gasteiger partial charge in [0.05, 0.1) is 34.4 Å². The fourth-order valence-electron chi connectivity index (χ4n) is 11.3. The second-order valence-electron chi connectivity index (χ2n) is 26.9. The number of carbonyl (C=O) groups is 3. The Morgan fingerprint density at radius 3 is 0.966 bits per heavy atom. The molecule has 2 unspecified atom stereocenters. The van der Waals surface area contributed by atoms with Gasteiger partial charge in [0.1, 0.15) is 13.2 Å². The molecule has 88 heavy (non-hydrogen) atoms. The standard InChI is InChI=1S/C79H145NO8/c1-6-8-10-12-14-16-18-20-22-24-26-28-30-32-33-34-35-36-37-38-39-40-41-42-43-44-45-46-48-50-52-54-56-58-60-62-64-66-68-70-77(82)88-75(74-87-79(78(83)84)85-72-71-80(3,4)5)73-86-76(81)69-67-65-63-61-59-57-55-53-51-49-47-31-29-27-25-23-21-19-17-15-13-11-9-7-2/h8,10,14,16,20,22,26,28,32-33,75,79H,6-7,9,11-13,15,17-19,21,23-25,27,29-31,34-74H2,1-5H3/p+1/b10-8-,16-14-,22-20-,28-26-,33-32-. The van der Waals surface area contributed by atoms with Crippen molar-refractivity contribution in [1.82, 2.24) is 0 Å². The largest absolute Gasteiger partial charge is 0.477 e. The summed E-state index contributed by atoms with van der Waals surface area (Å²) in [6.07, 6.45) is 89.3. The third-order valence-corrected chi connectivity index (χ3v) is 17.0. The summed E-state index contributed by atoms with van der Waals surface area (Å²) in [7, 11) is 5.99. The smallest absolute Gasteiger partial charge is 0.361 e. The van der Waals surface area contributed by atoms with Crippen LogP contribution < -0.4 is 0 Å². The lowest BCUT2D eigenvalue weighted by Gasteiger charge is -2.25. The maximum absolute atomic E-state index is 13.0. The van der Waals surface area contributed by atoms with Gasteiger partial charge in [-0.15, -0.1) is 0 Å². The van der Waals surface area contributed by atoms with E-state index in [4.69, 9.17) is 18.9 Å². The number of rotatable bonds is 71. The van der Waals surface area contributed by atoms with Crippen LogP contribution >= 0.6 is 0 Å². The Bertz CT molecular complexity index is 1630.